The molecule has 0 aliphatic heterocycles. The molecule has 0 bridgehead atoms. The maximum Gasteiger partial charge on any atom is 0.338 e. The molecule has 0 radical (unpaired) electrons. The summed E-state index contributed by atoms with van der Waals surface area (Å²) in [6.45, 7) is 9.72. The van der Waals surface area contributed by atoms with Crippen molar-refractivity contribution in [3.63, 3.8) is 0 Å². The summed E-state index contributed by atoms with van der Waals surface area (Å²) >= 11 is 1.55. The first-order valence-corrected chi connectivity index (χ1v) is 9.47. The Morgan fingerprint density at radius 3 is 2.50 bits per heavy atom. The first-order valence-electron chi connectivity index (χ1n) is 8.48. The number of nitrogens with zero attached hydrogens (tertiary/aromatic N) is 4. The Morgan fingerprint density at radius 2 is 1.85 bits per heavy atom. The lowest BCUT2D eigenvalue weighted by molar-refractivity contribution is 0.0378. The van der Waals surface area contributed by atoms with E-state index < -0.39 is 0 Å². The number of thioether (sulfide) groups is 1. The predicted octanol–water partition coefficient (Wildman–Crippen LogP) is 3.91. The Morgan fingerprint density at radius 1 is 1.15 bits per heavy atom. The van der Waals surface area contributed by atoms with E-state index in [4.69, 9.17) is 4.74 Å². The molecule has 26 heavy (non-hydrogen) atoms. The molecular formula is C19H22N4O2S. The summed E-state index contributed by atoms with van der Waals surface area (Å²) in [4.78, 5) is 20.9. The van der Waals surface area contributed by atoms with Gasteiger partial charge in [0.05, 0.1) is 11.7 Å². The lowest BCUT2D eigenvalue weighted by Crippen LogP contribution is -2.11. The number of fused-ring (bicyclic) bond motifs is 1. The number of aromatic nitrogens is 4. The first-order chi connectivity index (χ1) is 12.3. The van der Waals surface area contributed by atoms with Crippen molar-refractivity contribution in [1.82, 2.24) is 19.6 Å². The average Bonchev–Trinajstić information content (AvgIpc) is 3.01. The van der Waals surface area contributed by atoms with Crippen LogP contribution >= 0.6 is 11.8 Å². The number of hydrogen-bond donors (Lipinski definition) is 0. The van der Waals surface area contributed by atoms with E-state index in [1.54, 1.807) is 28.4 Å². The van der Waals surface area contributed by atoms with Crippen molar-refractivity contribution < 1.29 is 9.53 Å². The molecule has 0 saturated carbocycles. The van der Waals surface area contributed by atoms with Crippen LogP contribution in [0.1, 0.15) is 46.7 Å². The average molecular weight is 370 g/mol. The van der Waals surface area contributed by atoms with Gasteiger partial charge in [-0.1, -0.05) is 23.9 Å². The van der Waals surface area contributed by atoms with Crippen LogP contribution < -0.4 is 0 Å². The molecule has 3 rings (SSSR count). The van der Waals surface area contributed by atoms with Gasteiger partial charge in [-0.25, -0.2) is 14.3 Å². The van der Waals surface area contributed by atoms with Crippen LogP contribution in [0.15, 0.2) is 29.4 Å². The van der Waals surface area contributed by atoms with Crippen molar-refractivity contribution in [2.45, 2.75) is 51.6 Å². The fourth-order valence-electron chi connectivity index (χ4n) is 2.47. The van der Waals surface area contributed by atoms with Crippen LogP contribution in [0.5, 0.6) is 0 Å². The Balaban J connectivity index is 1.70. The molecule has 0 aliphatic rings. The third kappa shape index (κ3) is 3.88. The molecule has 0 aliphatic carbocycles. The number of carbonyl (C=O) groups excluding carboxylic acids is 1. The third-order valence-corrected chi connectivity index (χ3v) is 5.05. The summed E-state index contributed by atoms with van der Waals surface area (Å²) in [5, 5.41) is 5.23. The minimum absolute atomic E-state index is 0.122. The lowest BCUT2D eigenvalue weighted by atomic mass is 10.1. The van der Waals surface area contributed by atoms with Gasteiger partial charge in [0.2, 0.25) is 5.16 Å². The van der Waals surface area contributed by atoms with Crippen LogP contribution in [0.2, 0.25) is 0 Å². The Kier molecular flexibility index (Phi) is 5.27. The monoisotopic (exact) mass is 370 g/mol. The van der Waals surface area contributed by atoms with E-state index in [9.17, 15) is 4.79 Å². The second kappa shape index (κ2) is 7.45. The highest BCUT2D eigenvalue weighted by Crippen LogP contribution is 2.22. The zero-order chi connectivity index (χ0) is 18.8. The van der Waals surface area contributed by atoms with Gasteiger partial charge >= 0.3 is 5.97 Å². The highest BCUT2D eigenvalue weighted by molar-refractivity contribution is 7.98. The van der Waals surface area contributed by atoms with Gasteiger partial charge in [0.1, 0.15) is 0 Å². The molecule has 0 N–H and O–H groups in total. The van der Waals surface area contributed by atoms with Gasteiger partial charge in [-0.2, -0.15) is 4.98 Å². The molecule has 0 spiro atoms. The minimum atomic E-state index is -0.298. The van der Waals surface area contributed by atoms with E-state index >= 15 is 0 Å². The molecule has 0 atom stereocenters. The Bertz CT molecular complexity index is 948. The normalized spacial score (nSPS) is 11.3. The molecular weight excluding hydrogens is 348 g/mol. The highest BCUT2D eigenvalue weighted by Gasteiger charge is 2.12. The predicted molar refractivity (Wildman–Crippen MR) is 102 cm³/mol. The van der Waals surface area contributed by atoms with Crippen molar-refractivity contribution in [3.8, 4) is 0 Å². The summed E-state index contributed by atoms with van der Waals surface area (Å²) in [7, 11) is 0. The van der Waals surface area contributed by atoms with Gasteiger partial charge in [-0.3, -0.25) is 0 Å². The van der Waals surface area contributed by atoms with E-state index in [0.29, 0.717) is 22.3 Å². The van der Waals surface area contributed by atoms with Gasteiger partial charge in [-0.15, -0.1) is 5.10 Å². The molecule has 7 heteroatoms. The number of rotatable bonds is 5. The van der Waals surface area contributed by atoms with E-state index in [1.165, 1.54) is 0 Å². The van der Waals surface area contributed by atoms with Gasteiger partial charge in [-0.05, 0) is 57.9 Å². The van der Waals surface area contributed by atoms with Crippen molar-refractivity contribution in [3.05, 3.63) is 52.3 Å². The van der Waals surface area contributed by atoms with Gasteiger partial charge in [0.25, 0.3) is 5.78 Å². The second-order valence-corrected chi connectivity index (χ2v) is 7.40. The third-order valence-electron chi connectivity index (χ3n) is 4.14. The number of hydrogen-bond acceptors (Lipinski definition) is 6. The van der Waals surface area contributed by atoms with Crippen LogP contribution in [0.25, 0.3) is 5.78 Å². The second-order valence-electron chi connectivity index (χ2n) is 6.45. The summed E-state index contributed by atoms with van der Waals surface area (Å²) in [5.41, 5.74) is 4.81. The summed E-state index contributed by atoms with van der Waals surface area (Å²) in [6, 6.07) is 7.43. The van der Waals surface area contributed by atoms with Crippen molar-refractivity contribution in [2.75, 3.05) is 0 Å². The number of esters is 1. The van der Waals surface area contributed by atoms with Gasteiger partial charge in [0, 0.05) is 17.1 Å². The maximum atomic E-state index is 11.9. The Labute approximate surface area is 157 Å². The highest BCUT2D eigenvalue weighted by atomic mass is 32.2. The quantitative estimate of drug-likeness (QED) is 0.501. The van der Waals surface area contributed by atoms with E-state index in [0.717, 1.165) is 22.5 Å². The number of aryl methyl sites for hydroxylation is 2. The smallest absolute Gasteiger partial charge is 0.338 e. The topological polar surface area (TPSA) is 69.4 Å². The molecule has 0 unspecified atom stereocenters. The number of ether oxygens (including phenoxy) is 1. The molecule has 0 saturated heterocycles. The van der Waals surface area contributed by atoms with Crippen molar-refractivity contribution in [1.29, 1.82) is 0 Å². The number of benzene rings is 1. The molecule has 0 fully saturated rings. The van der Waals surface area contributed by atoms with E-state index in [1.807, 2.05) is 46.8 Å². The van der Waals surface area contributed by atoms with Gasteiger partial charge < -0.3 is 4.74 Å². The van der Waals surface area contributed by atoms with E-state index in [-0.39, 0.29) is 12.1 Å². The molecule has 6 nitrogen and oxygen atoms in total. The largest absolute Gasteiger partial charge is 0.459 e. The molecule has 0 amide bonds. The van der Waals surface area contributed by atoms with E-state index in [2.05, 4.69) is 15.1 Å². The maximum absolute atomic E-state index is 11.9. The van der Waals surface area contributed by atoms with Crippen molar-refractivity contribution in [2.24, 2.45) is 0 Å². The molecule has 1 aromatic carbocycles. The van der Waals surface area contributed by atoms with Crippen molar-refractivity contribution >= 4 is 23.5 Å². The van der Waals surface area contributed by atoms with Gasteiger partial charge in [0.15, 0.2) is 0 Å². The van der Waals surface area contributed by atoms with Crippen LogP contribution in [-0.2, 0) is 10.5 Å². The molecule has 2 aromatic heterocycles. The molecule has 3 aromatic rings. The standard InChI is InChI=1S/C19H22N4O2S/c1-11(2)25-17(24)16-8-6-15(7-9-16)10-26-19-21-18-20-13(4)12(3)14(5)23(18)22-19/h6-9,11H,10H2,1-5H3. The summed E-state index contributed by atoms with van der Waals surface area (Å²) in [5.74, 6) is 1.04. The van der Waals surface area contributed by atoms with Crippen LogP contribution in [0, 0.1) is 20.8 Å². The summed E-state index contributed by atoms with van der Waals surface area (Å²) < 4.78 is 6.98. The molecule has 2 heterocycles. The van der Waals surface area contributed by atoms with Crippen LogP contribution in [-0.4, -0.2) is 31.7 Å². The zero-order valence-electron chi connectivity index (χ0n) is 15.6. The Hall–Kier alpha value is -2.41. The first kappa shape index (κ1) is 18.4. The van der Waals surface area contributed by atoms with Crippen LogP contribution in [0.4, 0.5) is 0 Å². The molecule has 136 valence electrons. The fraction of sp³-hybridized carbons (Fsp3) is 0.368. The SMILES string of the molecule is Cc1nc2nc(SCc3ccc(C(=O)OC(C)C)cc3)nn2c(C)c1C. The zero-order valence-corrected chi connectivity index (χ0v) is 16.4. The number of carbonyl (C=O) groups is 1. The van der Waals surface area contributed by atoms with Crippen LogP contribution in [0.3, 0.4) is 0 Å². The summed E-state index contributed by atoms with van der Waals surface area (Å²) in [6.07, 6.45) is -0.122. The lowest BCUT2D eigenvalue weighted by Gasteiger charge is -2.08. The fourth-order valence-corrected chi connectivity index (χ4v) is 3.24. The minimum Gasteiger partial charge on any atom is -0.459 e.